The number of amides is 1. The standard InChI is InChI=1S/C20H20NO5P/c22-20(18-11-10-16-8-4-5-9-17(16)13-18)21-19(14-26-27(23,24)25)12-15-6-2-1-3-7-15/h1-11,13,19H,12,14H2,(H,21,22)(H2,23,24,25)/t19-/m1/s1. The molecule has 0 bridgehead atoms. The summed E-state index contributed by atoms with van der Waals surface area (Å²) in [6.45, 7) is -0.293. The first-order valence-corrected chi connectivity index (χ1v) is 9.97. The molecule has 0 aliphatic carbocycles. The van der Waals surface area contributed by atoms with Gasteiger partial charge in [-0.25, -0.2) is 4.57 Å². The summed E-state index contributed by atoms with van der Waals surface area (Å²) >= 11 is 0. The van der Waals surface area contributed by atoms with Crippen LogP contribution in [0.2, 0.25) is 0 Å². The molecule has 1 atom stereocenters. The normalized spacial score (nSPS) is 12.7. The van der Waals surface area contributed by atoms with E-state index in [2.05, 4.69) is 9.84 Å². The van der Waals surface area contributed by atoms with Gasteiger partial charge >= 0.3 is 7.82 Å². The molecule has 0 aromatic heterocycles. The monoisotopic (exact) mass is 385 g/mol. The van der Waals surface area contributed by atoms with Gasteiger partial charge in [0.2, 0.25) is 0 Å². The first-order chi connectivity index (χ1) is 12.9. The molecule has 0 radical (unpaired) electrons. The molecule has 6 nitrogen and oxygen atoms in total. The Bertz CT molecular complexity index is 970. The van der Waals surface area contributed by atoms with Crippen molar-refractivity contribution in [3.05, 3.63) is 83.9 Å². The van der Waals surface area contributed by atoms with Gasteiger partial charge in [0.25, 0.3) is 5.91 Å². The zero-order valence-corrected chi connectivity index (χ0v) is 15.4. The van der Waals surface area contributed by atoms with E-state index in [0.29, 0.717) is 12.0 Å². The number of carbonyl (C=O) groups excluding carboxylic acids is 1. The maximum atomic E-state index is 12.7. The molecule has 0 aliphatic heterocycles. The molecule has 0 saturated carbocycles. The summed E-state index contributed by atoms with van der Waals surface area (Å²) in [4.78, 5) is 30.6. The van der Waals surface area contributed by atoms with E-state index in [4.69, 9.17) is 9.79 Å². The summed E-state index contributed by atoms with van der Waals surface area (Å²) < 4.78 is 15.7. The lowest BCUT2D eigenvalue weighted by Crippen LogP contribution is -2.39. The molecule has 27 heavy (non-hydrogen) atoms. The molecule has 3 rings (SSSR count). The Morgan fingerprint density at radius 3 is 2.33 bits per heavy atom. The zero-order valence-electron chi connectivity index (χ0n) is 14.5. The van der Waals surface area contributed by atoms with Gasteiger partial charge in [-0.3, -0.25) is 9.32 Å². The summed E-state index contributed by atoms with van der Waals surface area (Å²) in [5, 5.41) is 4.78. The van der Waals surface area contributed by atoms with Gasteiger partial charge in [-0.1, -0.05) is 60.7 Å². The van der Waals surface area contributed by atoms with Gasteiger partial charge in [-0.2, -0.15) is 0 Å². The predicted octanol–water partition coefficient (Wildman–Crippen LogP) is 3.29. The zero-order chi connectivity index (χ0) is 19.3. The Labute approximate surface area is 157 Å². The van der Waals surface area contributed by atoms with Crippen molar-refractivity contribution in [1.29, 1.82) is 0 Å². The summed E-state index contributed by atoms with van der Waals surface area (Å²) in [5.41, 5.74) is 1.40. The fourth-order valence-corrected chi connectivity index (χ4v) is 3.21. The van der Waals surface area contributed by atoms with Crippen molar-refractivity contribution < 1.29 is 23.7 Å². The Morgan fingerprint density at radius 1 is 0.963 bits per heavy atom. The van der Waals surface area contributed by atoms with Crippen molar-refractivity contribution in [2.75, 3.05) is 6.61 Å². The van der Waals surface area contributed by atoms with Gasteiger partial charge < -0.3 is 15.1 Å². The van der Waals surface area contributed by atoms with Gasteiger partial charge in [0.05, 0.1) is 12.6 Å². The minimum Gasteiger partial charge on any atom is -0.347 e. The smallest absolute Gasteiger partial charge is 0.347 e. The predicted molar refractivity (Wildman–Crippen MR) is 103 cm³/mol. The van der Waals surface area contributed by atoms with Crippen LogP contribution in [0.1, 0.15) is 15.9 Å². The fourth-order valence-electron chi connectivity index (χ4n) is 2.84. The van der Waals surface area contributed by atoms with Crippen molar-refractivity contribution in [1.82, 2.24) is 5.32 Å². The van der Waals surface area contributed by atoms with E-state index >= 15 is 0 Å². The maximum Gasteiger partial charge on any atom is 0.469 e. The van der Waals surface area contributed by atoms with Gasteiger partial charge in [0.1, 0.15) is 0 Å². The second-order valence-electron chi connectivity index (χ2n) is 6.21. The Hall–Kier alpha value is -2.50. The van der Waals surface area contributed by atoms with Crippen molar-refractivity contribution in [3.8, 4) is 0 Å². The molecule has 1 amide bonds. The molecule has 0 saturated heterocycles. The van der Waals surface area contributed by atoms with Crippen LogP contribution in [-0.2, 0) is 15.5 Å². The van der Waals surface area contributed by atoms with E-state index in [-0.39, 0.29) is 12.5 Å². The summed E-state index contributed by atoms with van der Waals surface area (Å²) in [7, 11) is -4.62. The molecular weight excluding hydrogens is 365 g/mol. The third-order valence-electron chi connectivity index (χ3n) is 4.12. The quantitative estimate of drug-likeness (QED) is 0.543. The topological polar surface area (TPSA) is 95.9 Å². The van der Waals surface area contributed by atoms with E-state index in [0.717, 1.165) is 16.3 Å². The number of nitrogens with one attached hydrogen (secondary N) is 1. The molecule has 7 heteroatoms. The molecule has 3 N–H and O–H groups in total. The Kier molecular flexibility index (Phi) is 6.04. The number of phosphoric ester groups is 1. The number of phosphoric acid groups is 1. The van der Waals surface area contributed by atoms with Gasteiger partial charge in [-0.15, -0.1) is 0 Å². The molecule has 0 spiro atoms. The fraction of sp³-hybridized carbons (Fsp3) is 0.150. The highest BCUT2D eigenvalue weighted by Gasteiger charge is 2.21. The van der Waals surface area contributed by atoms with Crippen molar-refractivity contribution >= 4 is 24.5 Å². The number of fused-ring (bicyclic) bond motifs is 1. The average molecular weight is 385 g/mol. The Morgan fingerprint density at radius 2 is 1.63 bits per heavy atom. The SMILES string of the molecule is O=C(N[C@@H](COP(=O)(O)O)Cc1ccccc1)c1ccc2ccccc2c1. The van der Waals surface area contributed by atoms with Crippen LogP contribution in [0.3, 0.4) is 0 Å². The van der Waals surface area contributed by atoms with E-state index in [1.165, 1.54) is 0 Å². The lowest BCUT2D eigenvalue weighted by atomic mass is 10.0. The van der Waals surface area contributed by atoms with Crippen LogP contribution in [0.15, 0.2) is 72.8 Å². The highest BCUT2D eigenvalue weighted by Crippen LogP contribution is 2.35. The van der Waals surface area contributed by atoms with Gasteiger partial charge in [-0.05, 0) is 34.9 Å². The van der Waals surface area contributed by atoms with Crippen LogP contribution >= 0.6 is 7.82 Å². The number of benzene rings is 3. The summed E-state index contributed by atoms with van der Waals surface area (Å²) in [6, 6.07) is 21.9. The van der Waals surface area contributed by atoms with Crippen LogP contribution < -0.4 is 5.32 Å². The first-order valence-electron chi connectivity index (χ1n) is 8.44. The molecule has 0 fully saturated rings. The molecule has 3 aromatic carbocycles. The van der Waals surface area contributed by atoms with Crippen molar-refractivity contribution in [2.45, 2.75) is 12.5 Å². The summed E-state index contributed by atoms with van der Waals surface area (Å²) in [6.07, 6.45) is 0.389. The third kappa shape index (κ3) is 5.74. The van der Waals surface area contributed by atoms with Gasteiger partial charge in [0.15, 0.2) is 0 Å². The van der Waals surface area contributed by atoms with E-state index in [9.17, 15) is 9.36 Å². The average Bonchev–Trinajstić information content (AvgIpc) is 2.66. The van der Waals surface area contributed by atoms with Crippen LogP contribution in [0.25, 0.3) is 10.8 Å². The van der Waals surface area contributed by atoms with Crippen molar-refractivity contribution in [3.63, 3.8) is 0 Å². The van der Waals surface area contributed by atoms with Crippen LogP contribution in [0, 0.1) is 0 Å². The highest BCUT2D eigenvalue weighted by atomic mass is 31.2. The van der Waals surface area contributed by atoms with Crippen LogP contribution in [0.5, 0.6) is 0 Å². The molecular formula is C20H20NO5P. The molecule has 3 aromatic rings. The summed E-state index contributed by atoms with van der Waals surface area (Å²) in [5.74, 6) is -0.323. The lowest BCUT2D eigenvalue weighted by molar-refractivity contribution is 0.0909. The second-order valence-corrected chi connectivity index (χ2v) is 7.45. The van der Waals surface area contributed by atoms with Crippen LogP contribution in [-0.4, -0.2) is 28.3 Å². The highest BCUT2D eigenvalue weighted by molar-refractivity contribution is 7.46. The minimum absolute atomic E-state index is 0.293. The molecule has 140 valence electrons. The number of hydrogen-bond donors (Lipinski definition) is 3. The maximum absolute atomic E-state index is 12.7. The van der Waals surface area contributed by atoms with E-state index in [1.807, 2.05) is 60.7 Å². The molecule has 0 heterocycles. The number of carbonyl (C=O) groups is 1. The van der Waals surface area contributed by atoms with Gasteiger partial charge in [0, 0.05) is 5.56 Å². The van der Waals surface area contributed by atoms with Crippen LogP contribution in [0.4, 0.5) is 0 Å². The lowest BCUT2D eigenvalue weighted by Gasteiger charge is -2.19. The Balaban J connectivity index is 1.76. The number of rotatable bonds is 7. The second kappa shape index (κ2) is 8.46. The van der Waals surface area contributed by atoms with E-state index < -0.39 is 13.9 Å². The number of hydrogen-bond acceptors (Lipinski definition) is 3. The van der Waals surface area contributed by atoms with E-state index in [1.54, 1.807) is 12.1 Å². The molecule has 0 unspecified atom stereocenters. The third-order valence-corrected chi connectivity index (χ3v) is 4.60. The minimum atomic E-state index is -4.62. The first kappa shape index (κ1) is 19.3. The molecule has 0 aliphatic rings. The van der Waals surface area contributed by atoms with Crippen molar-refractivity contribution in [2.24, 2.45) is 0 Å². The largest absolute Gasteiger partial charge is 0.469 e.